The van der Waals surface area contributed by atoms with Gasteiger partial charge in [0.25, 0.3) is 5.91 Å². The number of ether oxygens (including phenoxy) is 2. The van der Waals surface area contributed by atoms with E-state index in [1.165, 1.54) is 0 Å². The number of methoxy groups -OCH3 is 1. The average molecular weight is 437 g/mol. The predicted molar refractivity (Wildman–Crippen MR) is 120 cm³/mol. The lowest BCUT2D eigenvalue weighted by molar-refractivity contribution is 0.0716. The molecule has 168 valence electrons. The van der Waals surface area contributed by atoms with Gasteiger partial charge in [0.1, 0.15) is 5.58 Å². The molecule has 4 rings (SSSR count). The molecule has 0 spiro atoms. The summed E-state index contributed by atoms with van der Waals surface area (Å²) in [5, 5.41) is 9.79. The summed E-state index contributed by atoms with van der Waals surface area (Å²) in [5.74, 6) is 1.17. The molecular formula is C25H27NO6. The van der Waals surface area contributed by atoms with Crippen LogP contribution in [0.4, 0.5) is 0 Å². The first kappa shape index (κ1) is 21.9. The number of rotatable bonds is 8. The van der Waals surface area contributed by atoms with E-state index in [1.807, 2.05) is 6.07 Å². The highest BCUT2D eigenvalue weighted by atomic mass is 16.5. The number of carbonyl (C=O) groups is 1. The van der Waals surface area contributed by atoms with Crippen molar-refractivity contribution in [3.8, 4) is 11.5 Å². The van der Waals surface area contributed by atoms with Gasteiger partial charge in [0, 0.05) is 13.2 Å². The third-order valence-electron chi connectivity index (χ3n) is 5.51. The van der Waals surface area contributed by atoms with E-state index in [9.17, 15) is 14.7 Å². The molecule has 0 bridgehead atoms. The van der Waals surface area contributed by atoms with Gasteiger partial charge < -0.3 is 23.9 Å². The molecule has 0 saturated carbocycles. The maximum atomic E-state index is 13.4. The summed E-state index contributed by atoms with van der Waals surface area (Å²) >= 11 is 0. The van der Waals surface area contributed by atoms with E-state index in [4.69, 9.17) is 13.9 Å². The van der Waals surface area contributed by atoms with Gasteiger partial charge in [-0.15, -0.1) is 0 Å². The van der Waals surface area contributed by atoms with Crippen LogP contribution in [0.3, 0.4) is 0 Å². The molecule has 1 N–H and O–H groups in total. The molecule has 1 atom stereocenters. The Morgan fingerprint density at radius 2 is 1.91 bits per heavy atom. The second-order valence-electron chi connectivity index (χ2n) is 8.26. The number of amides is 1. The topological polar surface area (TPSA) is 89.2 Å². The molecule has 1 amide bonds. The molecule has 7 heteroatoms. The Hall–Kier alpha value is -3.32. The summed E-state index contributed by atoms with van der Waals surface area (Å²) in [6.45, 7) is 4.88. The van der Waals surface area contributed by atoms with Crippen molar-refractivity contribution in [3.63, 3.8) is 0 Å². The molecular weight excluding hydrogens is 410 g/mol. The van der Waals surface area contributed by atoms with Crippen LogP contribution in [0.1, 0.15) is 48.0 Å². The van der Waals surface area contributed by atoms with Crippen molar-refractivity contribution in [2.75, 3.05) is 26.9 Å². The van der Waals surface area contributed by atoms with E-state index in [2.05, 4.69) is 13.8 Å². The smallest absolute Gasteiger partial charge is 0.290 e. The molecule has 7 nitrogen and oxygen atoms in total. The van der Waals surface area contributed by atoms with Crippen LogP contribution in [0, 0.1) is 5.92 Å². The van der Waals surface area contributed by atoms with Gasteiger partial charge in [-0.1, -0.05) is 32.0 Å². The van der Waals surface area contributed by atoms with Crippen LogP contribution in [-0.2, 0) is 0 Å². The Kier molecular flexibility index (Phi) is 6.19. The lowest BCUT2D eigenvalue weighted by atomic mass is 9.98. The fourth-order valence-corrected chi connectivity index (χ4v) is 4.02. The molecule has 0 fully saturated rings. The van der Waals surface area contributed by atoms with E-state index < -0.39 is 6.04 Å². The van der Waals surface area contributed by atoms with Gasteiger partial charge in [-0.3, -0.25) is 9.59 Å². The predicted octanol–water partition coefficient (Wildman–Crippen LogP) is 3.76. The number of carbonyl (C=O) groups excluding carboxylic acids is 1. The van der Waals surface area contributed by atoms with Crippen LogP contribution >= 0.6 is 0 Å². The van der Waals surface area contributed by atoms with Crippen LogP contribution in [0.5, 0.6) is 11.5 Å². The second-order valence-corrected chi connectivity index (χ2v) is 8.26. The number of nitrogens with zero attached hydrogens (tertiary/aromatic N) is 1. The Morgan fingerprint density at radius 3 is 2.62 bits per heavy atom. The Morgan fingerprint density at radius 1 is 1.12 bits per heavy atom. The Labute approximate surface area is 186 Å². The highest BCUT2D eigenvalue weighted by Crippen LogP contribution is 2.41. The first-order chi connectivity index (χ1) is 15.5. The van der Waals surface area contributed by atoms with Crippen LogP contribution in [0.15, 0.2) is 51.7 Å². The lowest BCUT2D eigenvalue weighted by Crippen LogP contribution is -2.31. The normalized spacial score (nSPS) is 15.5. The van der Waals surface area contributed by atoms with E-state index in [1.54, 1.807) is 48.4 Å². The molecule has 0 aliphatic carbocycles. The average Bonchev–Trinajstić information content (AvgIpc) is 3.08. The Bertz CT molecular complexity index is 1200. The summed E-state index contributed by atoms with van der Waals surface area (Å²) in [4.78, 5) is 28.2. The summed E-state index contributed by atoms with van der Waals surface area (Å²) < 4.78 is 17.3. The molecule has 1 aliphatic heterocycles. The number of hydrogen-bond acceptors (Lipinski definition) is 6. The first-order valence-corrected chi connectivity index (χ1v) is 10.7. The van der Waals surface area contributed by atoms with Crippen molar-refractivity contribution in [1.82, 2.24) is 4.90 Å². The largest absolute Gasteiger partial charge is 0.493 e. The van der Waals surface area contributed by atoms with Gasteiger partial charge in [0.05, 0.1) is 30.7 Å². The number of aliphatic hydroxyl groups excluding tert-OH is 1. The monoisotopic (exact) mass is 437 g/mol. The first-order valence-electron chi connectivity index (χ1n) is 10.7. The van der Waals surface area contributed by atoms with Crippen molar-refractivity contribution < 1.29 is 23.8 Å². The lowest BCUT2D eigenvalue weighted by Gasteiger charge is -2.25. The summed E-state index contributed by atoms with van der Waals surface area (Å²) in [6.07, 6.45) is 0.386. The minimum Gasteiger partial charge on any atom is -0.493 e. The van der Waals surface area contributed by atoms with Crippen molar-refractivity contribution in [2.45, 2.75) is 26.3 Å². The molecule has 1 aromatic heterocycles. The van der Waals surface area contributed by atoms with Crippen molar-refractivity contribution >= 4 is 16.9 Å². The van der Waals surface area contributed by atoms with E-state index >= 15 is 0 Å². The zero-order chi connectivity index (χ0) is 22.8. The van der Waals surface area contributed by atoms with Gasteiger partial charge in [-0.25, -0.2) is 0 Å². The van der Waals surface area contributed by atoms with Crippen molar-refractivity contribution in [1.29, 1.82) is 0 Å². The van der Waals surface area contributed by atoms with Crippen LogP contribution in [-0.4, -0.2) is 42.8 Å². The molecule has 0 radical (unpaired) electrons. The third kappa shape index (κ3) is 3.84. The van der Waals surface area contributed by atoms with Gasteiger partial charge in [-0.05, 0) is 42.2 Å². The quantitative estimate of drug-likeness (QED) is 0.577. The number of benzene rings is 2. The molecule has 2 aromatic carbocycles. The molecule has 1 aliphatic rings. The zero-order valence-electron chi connectivity index (χ0n) is 18.5. The van der Waals surface area contributed by atoms with E-state index in [0.29, 0.717) is 52.5 Å². The minimum atomic E-state index is -0.641. The number of para-hydroxylation sites is 1. The summed E-state index contributed by atoms with van der Waals surface area (Å²) in [7, 11) is 1.56. The summed E-state index contributed by atoms with van der Waals surface area (Å²) in [6, 6.07) is 11.7. The molecule has 3 aromatic rings. The molecule has 2 heterocycles. The fourth-order valence-electron chi connectivity index (χ4n) is 4.02. The van der Waals surface area contributed by atoms with Crippen LogP contribution < -0.4 is 14.9 Å². The van der Waals surface area contributed by atoms with Crippen LogP contribution in [0.2, 0.25) is 0 Å². The van der Waals surface area contributed by atoms with Gasteiger partial charge >= 0.3 is 0 Å². The molecule has 0 saturated heterocycles. The highest BCUT2D eigenvalue weighted by molar-refractivity contribution is 5.99. The van der Waals surface area contributed by atoms with Crippen LogP contribution in [0.25, 0.3) is 11.0 Å². The maximum absolute atomic E-state index is 13.4. The molecule has 32 heavy (non-hydrogen) atoms. The van der Waals surface area contributed by atoms with Crippen molar-refractivity contribution in [3.05, 3.63) is 69.6 Å². The Balaban J connectivity index is 1.85. The number of hydrogen-bond donors (Lipinski definition) is 1. The number of aliphatic hydroxyl groups is 1. The standard InChI is InChI=1S/C25H27NO6/c1-15(2)14-31-19-10-9-16(13-20(19)30-3)22-21-23(28)17-7-4-5-8-18(17)32-24(21)25(29)26(22)11-6-12-27/h4-5,7-10,13,15,22,27H,6,11-12,14H2,1-3H3/t22-/m1/s1. The van der Waals surface area contributed by atoms with Gasteiger partial charge in [0.15, 0.2) is 16.9 Å². The van der Waals surface area contributed by atoms with Crippen molar-refractivity contribution in [2.24, 2.45) is 5.92 Å². The molecule has 0 unspecified atom stereocenters. The fraction of sp³-hybridized carbons (Fsp3) is 0.360. The second kappa shape index (κ2) is 9.04. The third-order valence-corrected chi connectivity index (χ3v) is 5.51. The minimum absolute atomic E-state index is 0.0516. The van der Waals surface area contributed by atoms with E-state index in [-0.39, 0.29) is 30.2 Å². The number of fused-ring (bicyclic) bond motifs is 2. The zero-order valence-corrected chi connectivity index (χ0v) is 18.5. The van der Waals surface area contributed by atoms with E-state index in [0.717, 1.165) is 0 Å². The van der Waals surface area contributed by atoms with Gasteiger partial charge in [-0.2, -0.15) is 0 Å². The highest BCUT2D eigenvalue weighted by Gasteiger charge is 2.42. The van der Waals surface area contributed by atoms with Gasteiger partial charge in [0.2, 0.25) is 5.76 Å². The SMILES string of the molecule is COc1cc([C@@H]2c3c(oc4ccccc4c3=O)C(=O)N2CCCO)ccc1OCC(C)C. The maximum Gasteiger partial charge on any atom is 0.290 e. The summed E-state index contributed by atoms with van der Waals surface area (Å²) in [5.41, 5.74) is 1.17.